The molecule has 0 radical (unpaired) electrons. The van der Waals surface area contributed by atoms with Crippen molar-refractivity contribution < 1.29 is 22.7 Å². The SMILES string of the molecule is O=C(Oc1ccc(C(F)(F)F)cc1)C1CCC1. The summed E-state index contributed by atoms with van der Waals surface area (Å²) in [5, 5.41) is 0. The van der Waals surface area contributed by atoms with Crippen molar-refractivity contribution in [2.75, 3.05) is 0 Å². The first-order valence-electron chi connectivity index (χ1n) is 5.36. The smallest absolute Gasteiger partial charge is 0.416 e. The Kier molecular flexibility index (Phi) is 3.09. The van der Waals surface area contributed by atoms with Gasteiger partial charge in [-0.25, -0.2) is 0 Å². The van der Waals surface area contributed by atoms with Gasteiger partial charge in [-0.1, -0.05) is 6.42 Å². The third kappa shape index (κ3) is 2.78. The van der Waals surface area contributed by atoms with E-state index in [1.165, 1.54) is 12.1 Å². The number of hydrogen-bond donors (Lipinski definition) is 0. The fourth-order valence-electron chi connectivity index (χ4n) is 1.56. The van der Waals surface area contributed by atoms with Gasteiger partial charge in [0, 0.05) is 0 Å². The number of carbonyl (C=O) groups excluding carboxylic acids is 1. The predicted molar refractivity (Wildman–Crippen MR) is 54.4 cm³/mol. The van der Waals surface area contributed by atoms with Crippen LogP contribution in [0, 0.1) is 5.92 Å². The summed E-state index contributed by atoms with van der Waals surface area (Å²) in [4.78, 5) is 11.4. The van der Waals surface area contributed by atoms with Crippen LogP contribution < -0.4 is 4.74 Å². The standard InChI is InChI=1S/C12H11F3O2/c13-12(14,15)9-4-6-10(7-5-9)17-11(16)8-2-1-3-8/h4-8H,1-3H2. The van der Waals surface area contributed by atoms with E-state index in [1.807, 2.05) is 0 Å². The van der Waals surface area contributed by atoms with Gasteiger partial charge in [-0.15, -0.1) is 0 Å². The Morgan fingerprint density at radius 3 is 2.18 bits per heavy atom. The molecule has 0 bridgehead atoms. The minimum absolute atomic E-state index is 0.0858. The van der Waals surface area contributed by atoms with Gasteiger partial charge in [-0.3, -0.25) is 4.79 Å². The van der Waals surface area contributed by atoms with Crippen molar-refractivity contribution in [1.29, 1.82) is 0 Å². The van der Waals surface area contributed by atoms with E-state index in [0.29, 0.717) is 0 Å². The fourth-order valence-corrected chi connectivity index (χ4v) is 1.56. The summed E-state index contributed by atoms with van der Waals surface area (Å²) in [7, 11) is 0. The van der Waals surface area contributed by atoms with Crippen LogP contribution in [0.25, 0.3) is 0 Å². The van der Waals surface area contributed by atoms with Crippen LogP contribution in [0.15, 0.2) is 24.3 Å². The molecule has 0 saturated heterocycles. The van der Waals surface area contributed by atoms with Gasteiger partial charge in [0.15, 0.2) is 0 Å². The second kappa shape index (κ2) is 4.39. The summed E-state index contributed by atoms with van der Waals surface area (Å²) in [5.41, 5.74) is -0.749. The highest BCUT2D eigenvalue weighted by Gasteiger charge is 2.30. The number of ether oxygens (including phenoxy) is 1. The molecule has 5 heteroatoms. The maximum atomic E-state index is 12.3. The third-order valence-electron chi connectivity index (χ3n) is 2.84. The van der Waals surface area contributed by atoms with Crippen LogP contribution in [-0.4, -0.2) is 5.97 Å². The molecule has 0 spiro atoms. The molecule has 0 atom stereocenters. The highest BCUT2D eigenvalue weighted by atomic mass is 19.4. The number of benzene rings is 1. The Hall–Kier alpha value is -1.52. The molecule has 1 fully saturated rings. The quantitative estimate of drug-likeness (QED) is 0.588. The number of hydrogen-bond acceptors (Lipinski definition) is 2. The molecule has 17 heavy (non-hydrogen) atoms. The zero-order chi connectivity index (χ0) is 12.5. The molecule has 0 aromatic heterocycles. The lowest BCUT2D eigenvalue weighted by molar-refractivity contribution is -0.141. The molecule has 0 N–H and O–H groups in total. The number of halogens is 3. The van der Waals surface area contributed by atoms with Gasteiger partial charge in [-0.2, -0.15) is 13.2 Å². The molecule has 1 aromatic rings. The van der Waals surface area contributed by atoms with Crippen molar-refractivity contribution in [1.82, 2.24) is 0 Å². The molecule has 0 heterocycles. The summed E-state index contributed by atoms with van der Waals surface area (Å²) in [5.74, 6) is -0.275. The fraction of sp³-hybridized carbons (Fsp3) is 0.417. The molecule has 1 aromatic carbocycles. The second-order valence-electron chi connectivity index (χ2n) is 4.07. The Bertz CT molecular complexity index is 405. The summed E-state index contributed by atoms with van der Waals surface area (Å²) in [6.07, 6.45) is -1.75. The molecule has 1 saturated carbocycles. The minimum atomic E-state index is -4.36. The van der Waals surface area contributed by atoms with Crippen molar-refractivity contribution in [3.63, 3.8) is 0 Å². The molecule has 2 rings (SSSR count). The van der Waals surface area contributed by atoms with Crippen molar-refractivity contribution in [3.05, 3.63) is 29.8 Å². The summed E-state index contributed by atoms with van der Waals surface area (Å²) >= 11 is 0. The van der Waals surface area contributed by atoms with Gasteiger partial charge in [0.2, 0.25) is 0 Å². The van der Waals surface area contributed by atoms with E-state index in [2.05, 4.69) is 0 Å². The molecule has 92 valence electrons. The number of rotatable bonds is 2. The first-order chi connectivity index (χ1) is 7.97. The second-order valence-corrected chi connectivity index (χ2v) is 4.07. The van der Waals surface area contributed by atoms with Gasteiger partial charge >= 0.3 is 12.1 Å². The molecule has 2 nitrogen and oxygen atoms in total. The lowest BCUT2D eigenvalue weighted by Gasteiger charge is -2.22. The van der Waals surface area contributed by atoms with Crippen LogP contribution in [-0.2, 0) is 11.0 Å². The molecule has 0 amide bonds. The molecule has 0 unspecified atom stereocenters. The molecular formula is C12H11F3O2. The van der Waals surface area contributed by atoms with Crippen LogP contribution in [0.5, 0.6) is 5.75 Å². The van der Waals surface area contributed by atoms with E-state index in [4.69, 9.17) is 4.74 Å². The van der Waals surface area contributed by atoms with E-state index in [9.17, 15) is 18.0 Å². The van der Waals surface area contributed by atoms with Crippen LogP contribution in [0.4, 0.5) is 13.2 Å². The number of carbonyl (C=O) groups is 1. The van der Waals surface area contributed by atoms with Crippen molar-refractivity contribution >= 4 is 5.97 Å². The van der Waals surface area contributed by atoms with Crippen molar-refractivity contribution in [2.45, 2.75) is 25.4 Å². The Morgan fingerprint density at radius 1 is 1.18 bits per heavy atom. The van der Waals surface area contributed by atoms with Gasteiger partial charge in [0.25, 0.3) is 0 Å². The summed E-state index contributed by atoms with van der Waals surface area (Å²) in [6, 6.07) is 4.14. The topological polar surface area (TPSA) is 26.3 Å². The first kappa shape index (κ1) is 12.0. The van der Waals surface area contributed by atoms with E-state index in [1.54, 1.807) is 0 Å². The number of esters is 1. The van der Waals surface area contributed by atoms with E-state index < -0.39 is 11.7 Å². The van der Waals surface area contributed by atoms with Crippen LogP contribution in [0.2, 0.25) is 0 Å². The highest BCUT2D eigenvalue weighted by molar-refractivity contribution is 5.75. The summed E-state index contributed by atoms with van der Waals surface area (Å²) < 4.78 is 41.8. The van der Waals surface area contributed by atoms with Crippen molar-refractivity contribution in [3.8, 4) is 5.75 Å². The minimum Gasteiger partial charge on any atom is -0.426 e. The Balaban J connectivity index is 2.00. The van der Waals surface area contributed by atoms with Gasteiger partial charge in [0.05, 0.1) is 11.5 Å². The van der Waals surface area contributed by atoms with Crippen LogP contribution in [0.3, 0.4) is 0 Å². The van der Waals surface area contributed by atoms with E-state index in [-0.39, 0.29) is 17.6 Å². The zero-order valence-corrected chi connectivity index (χ0v) is 8.96. The molecule has 1 aliphatic carbocycles. The van der Waals surface area contributed by atoms with Gasteiger partial charge < -0.3 is 4.74 Å². The lowest BCUT2D eigenvalue weighted by Crippen LogP contribution is -2.26. The highest BCUT2D eigenvalue weighted by Crippen LogP contribution is 2.31. The van der Waals surface area contributed by atoms with Crippen LogP contribution >= 0.6 is 0 Å². The Labute approximate surface area is 96.4 Å². The predicted octanol–water partition coefficient (Wildman–Crippen LogP) is 3.41. The zero-order valence-electron chi connectivity index (χ0n) is 8.96. The monoisotopic (exact) mass is 244 g/mol. The van der Waals surface area contributed by atoms with Gasteiger partial charge in [0.1, 0.15) is 5.75 Å². The van der Waals surface area contributed by atoms with Crippen LogP contribution in [0.1, 0.15) is 24.8 Å². The van der Waals surface area contributed by atoms with Crippen molar-refractivity contribution in [2.24, 2.45) is 5.92 Å². The molecular weight excluding hydrogens is 233 g/mol. The lowest BCUT2D eigenvalue weighted by atomic mass is 9.86. The average molecular weight is 244 g/mol. The Morgan fingerprint density at radius 2 is 1.76 bits per heavy atom. The molecule has 1 aliphatic rings. The maximum Gasteiger partial charge on any atom is 0.416 e. The third-order valence-corrected chi connectivity index (χ3v) is 2.84. The van der Waals surface area contributed by atoms with E-state index in [0.717, 1.165) is 31.4 Å². The first-order valence-corrected chi connectivity index (χ1v) is 5.36. The summed E-state index contributed by atoms with van der Waals surface area (Å²) in [6.45, 7) is 0. The largest absolute Gasteiger partial charge is 0.426 e. The normalized spacial score (nSPS) is 16.4. The molecule has 0 aliphatic heterocycles. The maximum absolute atomic E-state index is 12.3. The average Bonchev–Trinajstić information content (AvgIpc) is 2.13. The van der Waals surface area contributed by atoms with E-state index >= 15 is 0 Å². The van der Waals surface area contributed by atoms with Gasteiger partial charge in [-0.05, 0) is 37.1 Å². The number of alkyl halides is 3.